The molecule has 25 heavy (non-hydrogen) atoms. The lowest BCUT2D eigenvalue weighted by Gasteiger charge is -2.32. The molecule has 2 aromatic rings. The molecule has 2 nitrogen and oxygen atoms in total. The molecule has 3 rings (SSSR count). The topological polar surface area (TPSA) is 20.3 Å². The van der Waals surface area contributed by atoms with Crippen LogP contribution in [0.5, 0.6) is 0 Å². The summed E-state index contributed by atoms with van der Waals surface area (Å²) in [5, 5.41) is 0. The Morgan fingerprint density at radius 3 is 2.48 bits per heavy atom. The Bertz CT molecular complexity index is 686. The second kappa shape index (κ2) is 8.33. The minimum atomic E-state index is 0.198. The second-order valence-corrected chi connectivity index (χ2v) is 7.36. The standard InChI is InChI=1S/C23H29NO/c1-3-18(2)21-10-7-11-22(17-21)23(25)24-14-12-20(13-15-24)16-19-8-5-4-6-9-19/h4-11,17-18,20H,3,12-16H2,1-2H3. The van der Waals surface area contributed by atoms with E-state index < -0.39 is 0 Å². The first-order chi connectivity index (χ1) is 12.2. The summed E-state index contributed by atoms with van der Waals surface area (Å²) < 4.78 is 0. The van der Waals surface area contributed by atoms with E-state index in [0.717, 1.165) is 44.3 Å². The van der Waals surface area contributed by atoms with Gasteiger partial charge in [0, 0.05) is 18.7 Å². The molecule has 0 spiro atoms. The number of hydrogen-bond acceptors (Lipinski definition) is 1. The van der Waals surface area contributed by atoms with Gasteiger partial charge in [-0.05, 0) is 60.8 Å². The van der Waals surface area contributed by atoms with Crippen molar-refractivity contribution in [3.05, 3.63) is 71.3 Å². The molecule has 2 aromatic carbocycles. The van der Waals surface area contributed by atoms with Gasteiger partial charge < -0.3 is 4.90 Å². The van der Waals surface area contributed by atoms with E-state index in [1.54, 1.807) is 0 Å². The van der Waals surface area contributed by atoms with Gasteiger partial charge in [0.05, 0.1) is 0 Å². The van der Waals surface area contributed by atoms with Crippen LogP contribution >= 0.6 is 0 Å². The summed E-state index contributed by atoms with van der Waals surface area (Å²) >= 11 is 0. The average molecular weight is 335 g/mol. The number of carbonyl (C=O) groups excluding carboxylic acids is 1. The molecule has 0 N–H and O–H groups in total. The summed E-state index contributed by atoms with van der Waals surface area (Å²) in [6, 6.07) is 18.9. The number of benzene rings is 2. The Balaban J connectivity index is 1.58. The van der Waals surface area contributed by atoms with Gasteiger partial charge in [-0.25, -0.2) is 0 Å². The summed E-state index contributed by atoms with van der Waals surface area (Å²) in [5.41, 5.74) is 3.53. The van der Waals surface area contributed by atoms with Gasteiger partial charge in [0.25, 0.3) is 5.91 Å². The molecule has 1 aliphatic heterocycles. The van der Waals surface area contributed by atoms with Gasteiger partial charge in [-0.1, -0.05) is 56.3 Å². The van der Waals surface area contributed by atoms with Gasteiger partial charge >= 0.3 is 0 Å². The zero-order chi connectivity index (χ0) is 17.6. The Hall–Kier alpha value is -2.09. The third kappa shape index (κ3) is 4.50. The maximum absolute atomic E-state index is 12.9. The first-order valence-corrected chi connectivity index (χ1v) is 9.60. The van der Waals surface area contributed by atoms with Gasteiger partial charge in [0.15, 0.2) is 0 Å². The quantitative estimate of drug-likeness (QED) is 0.726. The molecule has 1 heterocycles. The first kappa shape index (κ1) is 17.7. The molecular formula is C23H29NO. The van der Waals surface area contributed by atoms with Gasteiger partial charge in [-0.15, -0.1) is 0 Å². The number of rotatable bonds is 5. The van der Waals surface area contributed by atoms with Crippen LogP contribution in [0.4, 0.5) is 0 Å². The number of nitrogens with zero attached hydrogens (tertiary/aromatic N) is 1. The molecule has 0 bridgehead atoms. The number of amides is 1. The third-order valence-electron chi connectivity index (χ3n) is 5.58. The van der Waals surface area contributed by atoms with Crippen LogP contribution in [0.3, 0.4) is 0 Å². The van der Waals surface area contributed by atoms with E-state index in [0.29, 0.717) is 11.8 Å². The number of hydrogen-bond donors (Lipinski definition) is 0. The zero-order valence-corrected chi connectivity index (χ0v) is 15.4. The molecule has 1 amide bonds. The Morgan fingerprint density at radius 2 is 1.80 bits per heavy atom. The fraction of sp³-hybridized carbons (Fsp3) is 0.435. The van der Waals surface area contributed by atoms with Crippen LogP contribution in [-0.4, -0.2) is 23.9 Å². The van der Waals surface area contributed by atoms with E-state index in [2.05, 4.69) is 56.3 Å². The highest BCUT2D eigenvalue weighted by Gasteiger charge is 2.24. The van der Waals surface area contributed by atoms with Crippen molar-refractivity contribution in [3.63, 3.8) is 0 Å². The van der Waals surface area contributed by atoms with Crippen LogP contribution in [0.25, 0.3) is 0 Å². The third-order valence-corrected chi connectivity index (χ3v) is 5.58. The van der Waals surface area contributed by atoms with E-state index in [9.17, 15) is 4.79 Å². The van der Waals surface area contributed by atoms with Crippen molar-refractivity contribution in [2.75, 3.05) is 13.1 Å². The maximum Gasteiger partial charge on any atom is 0.253 e. The van der Waals surface area contributed by atoms with Gasteiger partial charge in [-0.3, -0.25) is 4.79 Å². The van der Waals surface area contributed by atoms with Crippen LogP contribution in [0.2, 0.25) is 0 Å². The van der Waals surface area contributed by atoms with Crippen molar-refractivity contribution >= 4 is 5.91 Å². The molecule has 1 aliphatic rings. The molecule has 0 aliphatic carbocycles. The van der Waals surface area contributed by atoms with Crippen molar-refractivity contribution in [2.24, 2.45) is 5.92 Å². The molecule has 1 unspecified atom stereocenters. The minimum absolute atomic E-state index is 0.198. The van der Waals surface area contributed by atoms with E-state index in [1.807, 2.05) is 17.0 Å². The van der Waals surface area contributed by atoms with Gasteiger partial charge in [-0.2, -0.15) is 0 Å². The van der Waals surface area contributed by atoms with Crippen molar-refractivity contribution in [1.29, 1.82) is 0 Å². The lowest BCUT2D eigenvalue weighted by molar-refractivity contribution is 0.0690. The Labute approximate surface area is 151 Å². The Kier molecular flexibility index (Phi) is 5.91. The smallest absolute Gasteiger partial charge is 0.253 e. The number of carbonyl (C=O) groups is 1. The van der Waals surface area contributed by atoms with E-state index in [4.69, 9.17) is 0 Å². The van der Waals surface area contributed by atoms with Crippen LogP contribution in [-0.2, 0) is 6.42 Å². The summed E-state index contributed by atoms with van der Waals surface area (Å²) in [4.78, 5) is 14.9. The van der Waals surface area contributed by atoms with E-state index in [-0.39, 0.29) is 5.91 Å². The Morgan fingerprint density at radius 1 is 1.08 bits per heavy atom. The highest BCUT2D eigenvalue weighted by Crippen LogP contribution is 2.24. The molecule has 2 heteroatoms. The normalized spacial score (nSPS) is 16.6. The summed E-state index contributed by atoms with van der Waals surface area (Å²) in [7, 11) is 0. The number of piperidine rings is 1. The molecular weight excluding hydrogens is 306 g/mol. The van der Waals surface area contributed by atoms with Crippen molar-refractivity contribution < 1.29 is 4.79 Å². The highest BCUT2D eigenvalue weighted by molar-refractivity contribution is 5.94. The first-order valence-electron chi connectivity index (χ1n) is 9.60. The fourth-order valence-electron chi connectivity index (χ4n) is 3.68. The molecule has 132 valence electrons. The fourth-order valence-corrected chi connectivity index (χ4v) is 3.68. The van der Waals surface area contributed by atoms with Crippen LogP contribution in [0.15, 0.2) is 54.6 Å². The molecule has 0 radical (unpaired) electrons. The minimum Gasteiger partial charge on any atom is -0.339 e. The summed E-state index contributed by atoms with van der Waals surface area (Å²) in [6.07, 6.45) is 4.44. The monoisotopic (exact) mass is 335 g/mol. The van der Waals surface area contributed by atoms with Gasteiger partial charge in [0.1, 0.15) is 0 Å². The van der Waals surface area contributed by atoms with Gasteiger partial charge in [0.2, 0.25) is 0 Å². The van der Waals surface area contributed by atoms with Crippen molar-refractivity contribution in [2.45, 2.75) is 45.4 Å². The highest BCUT2D eigenvalue weighted by atomic mass is 16.2. The molecule has 1 atom stereocenters. The van der Waals surface area contributed by atoms with Crippen LogP contribution < -0.4 is 0 Å². The molecule has 1 saturated heterocycles. The molecule has 0 aromatic heterocycles. The van der Waals surface area contributed by atoms with Crippen LogP contribution in [0.1, 0.15) is 60.5 Å². The van der Waals surface area contributed by atoms with E-state index in [1.165, 1.54) is 11.1 Å². The predicted molar refractivity (Wildman–Crippen MR) is 104 cm³/mol. The van der Waals surface area contributed by atoms with Crippen molar-refractivity contribution in [1.82, 2.24) is 4.90 Å². The van der Waals surface area contributed by atoms with Crippen molar-refractivity contribution in [3.8, 4) is 0 Å². The zero-order valence-electron chi connectivity index (χ0n) is 15.4. The summed E-state index contributed by atoms with van der Waals surface area (Å²) in [5.74, 6) is 1.39. The largest absolute Gasteiger partial charge is 0.339 e. The van der Waals surface area contributed by atoms with Crippen LogP contribution in [0, 0.1) is 5.92 Å². The SMILES string of the molecule is CCC(C)c1cccc(C(=O)N2CCC(Cc3ccccc3)CC2)c1. The lowest BCUT2D eigenvalue weighted by Crippen LogP contribution is -2.38. The molecule has 0 saturated carbocycles. The summed E-state index contributed by atoms with van der Waals surface area (Å²) in [6.45, 7) is 6.17. The number of likely N-dealkylation sites (tertiary alicyclic amines) is 1. The second-order valence-electron chi connectivity index (χ2n) is 7.36. The van der Waals surface area contributed by atoms with E-state index >= 15 is 0 Å². The maximum atomic E-state index is 12.9. The predicted octanol–water partition coefficient (Wildman–Crippen LogP) is 5.30. The molecule has 1 fully saturated rings. The average Bonchev–Trinajstić information content (AvgIpc) is 2.68. The lowest BCUT2D eigenvalue weighted by atomic mass is 9.90.